The summed E-state index contributed by atoms with van der Waals surface area (Å²) in [5, 5.41) is 0.283. The van der Waals surface area contributed by atoms with Crippen LogP contribution in [0.1, 0.15) is 41.0 Å². The van der Waals surface area contributed by atoms with Crippen LogP contribution in [0.3, 0.4) is 0 Å². The van der Waals surface area contributed by atoms with E-state index in [2.05, 4.69) is 14.7 Å². The molecule has 3 rings (SSSR count). The maximum Gasteiger partial charge on any atom is 0.341 e. The van der Waals surface area contributed by atoms with Crippen LogP contribution in [0.15, 0.2) is 48.7 Å². The predicted octanol–water partition coefficient (Wildman–Crippen LogP) is 4.81. The normalized spacial score (nSPS) is 11.6. The van der Waals surface area contributed by atoms with E-state index in [1.54, 1.807) is 18.2 Å². The van der Waals surface area contributed by atoms with Gasteiger partial charge in [0.2, 0.25) is 16.0 Å². The standard InChI is InChI=1S/C25H27Cl2N3O6S/c1-25(2,17-13-20(23(31)34-3)22(21(27)14-17)35-12-10-26)16-5-7-19(8-6-16)36-15-18-9-11-28-24(29-18)30-37(4,32)33/h5-9,11,13-14H,10,12,15H2,1-4H3,(H,28,29,30). The van der Waals surface area contributed by atoms with Crippen molar-refractivity contribution in [3.05, 3.63) is 76.1 Å². The Morgan fingerprint density at radius 2 is 1.78 bits per heavy atom. The molecule has 0 saturated heterocycles. The van der Waals surface area contributed by atoms with Crippen molar-refractivity contribution in [2.45, 2.75) is 25.9 Å². The lowest BCUT2D eigenvalue weighted by molar-refractivity contribution is 0.0596. The zero-order valence-corrected chi connectivity index (χ0v) is 23.1. The van der Waals surface area contributed by atoms with Crippen molar-refractivity contribution in [3.8, 4) is 11.5 Å². The number of anilines is 1. The van der Waals surface area contributed by atoms with Gasteiger partial charge in [-0.15, -0.1) is 11.6 Å². The Kier molecular flexibility index (Phi) is 9.22. The van der Waals surface area contributed by atoms with Gasteiger partial charge in [0.05, 0.1) is 30.0 Å². The molecular formula is C25H27Cl2N3O6S. The van der Waals surface area contributed by atoms with E-state index in [1.165, 1.54) is 13.3 Å². The molecule has 12 heteroatoms. The largest absolute Gasteiger partial charge is 0.490 e. The Balaban J connectivity index is 1.80. The highest BCUT2D eigenvalue weighted by molar-refractivity contribution is 7.91. The lowest BCUT2D eigenvalue weighted by Crippen LogP contribution is -2.20. The average molecular weight is 568 g/mol. The highest BCUT2D eigenvalue weighted by atomic mass is 35.5. The number of alkyl halides is 1. The summed E-state index contributed by atoms with van der Waals surface area (Å²) in [4.78, 5) is 20.5. The average Bonchev–Trinajstić information content (AvgIpc) is 2.85. The Bertz CT molecular complexity index is 1370. The smallest absolute Gasteiger partial charge is 0.341 e. The molecule has 0 fully saturated rings. The quantitative estimate of drug-likeness (QED) is 0.259. The topological polar surface area (TPSA) is 117 Å². The van der Waals surface area contributed by atoms with Gasteiger partial charge >= 0.3 is 5.97 Å². The molecule has 1 heterocycles. The van der Waals surface area contributed by atoms with Crippen LogP contribution in [0, 0.1) is 0 Å². The summed E-state index contributed by atoms with van der Waals surface area (Å²) in [6.45, 7) is 4.32. The Hall–Kier alpha value is -3.08. The summed E-state index contributed by atoms with van der Waals surface area (Å²) < 4.78 is 41.3. The molecule has 0 unspecified atom stereocenters. The molecule has 1 N–H and O–H groups in total. The zero-order chi connectivity index (χ0) is 27.2. The van der Waals surface area contributed by atoms with Crippen molar-refractivity contribution >= 4 is 45.1 Å². The number of carbonyl (C=O) groups excluding carboxylic acids is 1. The SMILES string of the molecule is COC(=O)c1cc(C(C)(C)c2ccc(OCc3ccnc(NS(C)(=O)=O)n3)cc2)cc(Cl)c1OCCCl. The highest BCUT2D eigenvalue weighted by Gasteiger charge is 2.28. The van der Waals surface area contributed by atoms with Crippen LogP contribution in [-0.4, -0.2) is 50.2 Å². The van der Waals surface area contributed by atoms with Crippen LogP contribution in [0.4, 0.5) is 5.95 Å². The van der Waals surface area contributed by atoms with E-state index >= 15 is 0 Å². The number of nitrogens with zero attached hydrogens (tertiary/aromatic N) is 2. The number of esters is 1. The zero-order valence-electron chi connectivity index (χ0n) is 20.7. The van der Waals surface area contributed by atoms with E-state index in [0.717, 1.165) is 17.4 Å². The summed E-state index contributed by atoms with van der Waals surface area (Å²) in [6, 6.07) is 12.6. The van der Waals surface area contributed by atoms with Crippen LogP contribution in [0.2, 0.25) is 5.02 Å². The van der Waals surface area contributed by atoms with Crippen molar-refractivity contribution in [1.29, 1.82) is 0 Å². The third kappa shape index (κ3) is 7.47. The van der Waals surface area contributed by atoms with Crippen molar-refractivity contribution in [1.82, 2.24) is 9.97 Å². The first kappa shape index (κ1) is 28.5. The van der Waals surface area contributed by atoms with Gasteiger partial charge in [-0.2, -0.15) is 0 Å². The molecule has 0 aliphatic heterocycles. The number of ether oxygens (including phenoxy) is 3. The van der Waals surface area contributed by atoms with Gasteiger partial charge in [0, 0.05) is 11.6 Å². The van der Waals surface area contributed by atoms with E-state index in [9.17, 15) is 13.2 Å². The number of halogens is 2. The molecule has 9 nitrogen and oxygen atoms in total. The fraction of sp³-hybridized carbons (Fsp3) is 0.320. The molecule has 0 saturated carbocycles. The molecule has 3 aromatic rings. The predicted molar refractivity (Wildman–Crippen MR) is 142 cm³/mol. The first-order valence-corrected chi connectivity index (χ1v) is 13.9. The van der Waals surface area contributed by atoms with Gasteiger partial charge in [-0.05, 0) is 41.5 Å². The second kappa shape index (κ2) is 12.0. The Labute approximate surface area is 226 Å². The second-order valence-electron chi connectivity index (χ2n) is 8.55. The summed E-state index contributed by atoms with van der Waals surface area (Å²) in [5.74, 6) is 0.484. The summed E-state index contributed by atoms with van der Waals surface area (Å²) in [5.41, 5.74) is 1.93. The number of carbonyl (C=O) groups is 1. The number of methoxy groups -OCH3 is 1. The van der Waals surface area contributed by atoms with Crippen molar-refractivity contribution in [3.63, 3.8) is 0 Å². The summed E-state index contributed by atoms with van der Waals surface area (Å²) in [7, 11) is -2.19. The van der Waals surface area contributed by atoms with Crippen LogP contribution in [0.25, 0.3) is 0 Å². The Morgan fingerprint density at radius 3 is 2.41 bits per heavy atom. The lowest BCUT2D eigenvalue weighted by atomic mass is 9.77. The molecule has 0 atom stereocenters. The van der Waals surface area contributed by atoms with Gasteiger partial charge in [0.1, 0.15) is 24.5 Å². The summed E-state index contributed by atoms with van der Waals surface area (Å²) in [6.07, 6.45) is 2.47. The van der Waals surface area contributed by atoms with Gasteiger partial charge in [0.25, 0.3) is 0 Å². The minimum atomic E-state index is -3.48. The van der Waals surface area contributed by atoms with Crippen LogP contribution >= 0.6 is 23.2 Å². The van der Waals surface area contributed by atoms with E-state index in [4.69, 9.17) is 37.4 Å². The fourth-order valence-electron chi connectivity index (χ4n) is 3.49. The van der Waals surface area contributed by atoms with E-state index < -0.39 is 21.4 Å². The molecule has 0 spiro atoms. The monoisotopic (exact) mass is 567 g/mol. The molecule has 0 bridgehead atoms. The van der Waals surface area contributed by atoms with E-state index in [1.807, 2.05) is 38.1 Å². The maximum atomic E-state index is 12.4. The van der Waals surface area contributed by atoms with Crippen molar-refractivity contribution < 1.29 is 27.4 Å². The molecule has 0 radical (unpaired) electrons. The number of hydrogen-bond donors (Lipinski definition) is 1. The lowest BCUT2D eigenvalue weighted by Gasteiger charge is -2.27. The van der Waals surface area contributed by atoms with E-state index in [-0.39, 0.29) is 41.4 Å². The molecule has 198 valence electrons. The molecule has 1 aromatic heterocycles. The first-order chi connectivity index (χ1) is 17.4. The number of hydrogen-bond acceptors (Lipinski definition) is 8. The highest BCUT2D eigenvalue weighted by Crippen LogP contribution is 2.39. The van der Waals surface area contributed by atoms with Gasteiger partial charge in [-0.1, -0.05) is 37.6 Å². The number of aromatic nitrogens is 2. The van der Waals surface area contributed by atoms with Crippen molar-refractivity contribution in [2.24, 2.45) is 0 Å². The maximum absolute atomic E-state index is 12.4. The first-order valence-electron chi connectivity index (χ1n) is 11.1. The van der Waals surface area contributed by atoms with Crippen molar-refractivity contribution in [2.75, 3.05) is 30.6 Å². The molecular weight excluding hydrogens is 541 g/mol. The fourth-order valence-corrected chi connectivity index (χ4v) is 4.27. The minimum Gasteiger partial charge on any atom is -0.490 e. The molecule has 0 aliphatic rings. The number of rotatable bonds is 11. The van der Waals surface area contributed by atoms with Crippen LogP contribution in [0.5, 0.6) is 11.5 Å². The molecule has 0 amide bonds. The van der Waals surface area contributed by atoms with Gasteiger partial charge < -0.3 is 14.2 Å². The number of nitrogens with one attached hydrogen (secondary N) is 1. The number of sulfonamides is 1. The minimum absolute atomic E-state index is 0.0234. The third-order valence-corrected chi connectivity index (χ3v) is 6.44. The number of benzene rings is 2. The molecule has 37 heavy (non-hydrogen) atoms. The van der Waals surface area contributed by atoms with Gasteiger partial charge in [-0.3, -0.25) is 4.72 Å². The Morgan fingerprint density at radius 1 is 1.08 bits per heavy atom. The van der Waals surface area contributed by atoms with Gasteiger partial charge in [0.15, 0.2) is 5.75 Å². The molecule has 2 aromatic carbocycles. The van der Waals surface area contributed by atoms with Crippen LogP contribution < -0.4 is 14.2 Å². The second-order valence-corrected chi connectivity index (χ2v) is 11.1. The van der Waals surface area contributed by atoms with E-state index in [0.29, 0.717) is 11.4 Å². The van der Waals surface area contributed by atoms with Gasteiger partial charge in [-0.25, -0.2) is 23.2 Å². The van der Waals surface area contributed by atoms with Crippen LogP contribution in [-0.2, 0) is 26.8 Å². The third-order valence-electron chi connectivity index (χ3n) is 5.45. The molecule has 0 aliphatic carbocycles. The summed E-state index contributed by atoms with van der Waals surface area (Å²) >= 11 is 12.2.